The van der Waals surface area contributed by atoms with E-state index >= 15 is 0 Å². The fourth-order valence-corrected chi connectivity index (χ4v) is 4.91. The Kier molecular flexibility index (Phi) is 5.08. The molecule has 0 saturated carbocycles. The van der Waals surface area contributed by atoms with Crippen molar-refractivity contribution in [2.75, 3.05) is 4.72 Å². The molecule has 0 radical (unpaired) electrons. The standard InChI is InChI=1S/C14H10Cl3N3O2S2/c15-10-2-1-9(11(16)7-10)8-20-6-5-13(18-20)19-24(21,22)14-4-3-12(17)23-14/h1-7H,8H2,(H,18,19). The van der Waals surface area contributed by atoms with E-state index in [-0.39, 0.29) is 10.0 Å². The average molecular weight is 423 g/mol. The zero-order chi connectivity index (χ0) is 17.3. The minimum Gasteiger partial charge on any atom is -0.266 e. The van der Waals surface area contributed by atoms with Gasteiger partial charge in [0.25, 0.3) is 10.0 Å². The minimum absolute atomic E-state index is 0.128. The van der Waals surface area contributed by atoms with E-state index in [1.807, 2.05) is 0 Å². The molecule has 126 valence electrons. The lowest BCUT2D eigenvalue weighted by Gasteiger charge is -2.05. The largest absolute Gasteiger partial charge is 0.272 e. The predicted molar refractivity (Wildman–Crippen MR) is 97.9 cm³/mol. The van der Waals surface area contributed by atoms with Gasteiger partial charge in [-0.3, -0.25) is 9.40 Å². The molecule has 2 aromatic heterocycles. The van der Waals surface area contributed by atoms with E-state index in [0.717, 1.165) is 16.9 Å². The van der Waals surface area contributed by atoms with Crippen LogP contribution in [-0.4, -0.2) is 18.2 Å². The van der Waals surface area contributed by atoms with Crippen LogP contribution in [0, 0.1) is 0 Å². The summed E-state index contributed by atoms with van der Waals surface area (Å²) in [5.41, 5.74) is 0.823. The molecule has 1 N–H and O–H groups in total. The number of halogens is 3. The highest BCUT2D eigenvalue weighted by Crippen LogP contribution is 2.27. The number of aromatic nitrogens is 2. The van der Waals surface area contributed by atoms with Crippen molar-refractivity contribution in [3.05, 3.63) is 62.5 Å². The maximum absolute atomic E-state index is 12.2. The van der Waals surface area contributed by atoms with Crippen LogP contribution >= 0.6 is 46.1 Å². The van der Waals surface area contributed by atoms with Crippen LogP contribution in [-0.2, 0) is 16.6 Å². The number of nitrogens with zero attached hydrogens (tertiary/aromatic N) is 2. The SMILES string of the molecule is O=S(=O)(Nc1ccn(Cc2ccc(Cl)cc2Cl)n1)c1ccc(Cl)s1. The molecule has 0 saturated heterocycles. The van der Waals surface area contributed by atoms with E-state index in [9.17, 15) is 8.42 Å². The van der Waals surface area contributed by atoms with Crippen LogP contribution < -0.4 is 4.72 Å². The fourth-order valence-electron chi connectivity index (χ4n) is 1.96. The summed E-state index contributed by atoms with van der Waals surface area (Å²) in [5, 5.41) is 5.26. The molecule has 1 aromatic carbocycles. The van der Waals surface area contributed by atoms with Crippen LogP contribution in [0.15, 0.2) is 46.8 Å². The van der Waals surface area contributed by atoms with Gasteiger partial charge in [-0.05, 0) is 29.8 Å². The highest BCUT2D eigenvalue weighted by Gasteiger charge is 2.18. The molecule has 0 aliphatic heterocycles. The average Bonchev–Trinajstić information content (AvgIpc) is 3.11. The van der Waals surface area contributed by atoms with E-state index in [1.54, 1.807) is 35.1 Å². The monoisotopic (exact) mass is 421 g/mol. The molecule has 5 nitrogen and oxygen atoms in total. The van der Waals surface area contributed by atoms with Gasteiger partial charge in [0.05, 0.1) is 10.9 Å². The van der Waals surface area contributed by atoms with Crippen molar-refractivity contribution in [2.24, 2.45) is 0 Å². The maximum atomic E-state index is 12.2. The Morgan fingerprint density at radius 2 is 1.92 bits per heavy atom. The lowest BCUT2D eigenvalue weighted by atomic mass is 10.2. The zero-order valence-corrected chi connectivity index (χ0v) is 15.8. The highest BCUT2D eigenvalue weighted by atomic mass is 35.5. The second-order valence-corrected chi connectivity index (χ2v) is 9.27. The molecule has 0 aliphatic rings. The van der Waals surface area contributed by atoms with Crippen LogP contribution in [0.3, 0.4) is 0 Å². The predicted octanol–water partition coefficient (Wildman–Crippen LogP) is 4.75. The van der Waals surface area contributed by atoms with Crippen molar-refractivity contribution in [1.29, 1.82) is 0 Å². The molecule has 24 heavy (non-hydrogen) atoms. The van der Waals surface area contributed by atoms with E-state index in [2.05, 4.69) is 9.82 Å². The van der Waals surface area contributed by atoms with Crippen molar-refractivity contribution < 1.29 is 8.42 Å². The third-order valence-corrected chi connectivity index (χ3v) is 6.71. The molecular weight excluding hydrogens is 413 g/mol. The molecule has 3 aromatic rings. The number of benzene rings is 1. The van der Waals surface area contributed by atoms with Crippen molar-refractivity contribution >= 4 is 62.0 Å². The van der Waals surface area contributed by atoms with E-state index in [4.69, 9.17) is 34.8 Å². The number of nitrogens with one attached hydrogen (secondary N) is 1. The summed E-state index contributed by atoms with van der Waals surface area (Å²) in [7, 11) is -3.70. The Labute approximate surface area is 157 Å². The van der Waals surface area contributed by atoms with Gasteiger partial charge in [-0.2, -0.15) is 5.10 Å². The highest BCUT2D eigenvalue weighted by molar-refractivity contribution is 7.94. The van der Waals surface area contributed by atoms with Gasteiger partial charge < -0.3 is 0 Å². The van der Waals surface area contributed by atoms with Crippen LogP contribution in [0.5, 0.6) is 0 Å². The molecule has 2 heterocycles. The van der Waals surface area contributed by atoms with Gasteiger partial charge in [-0.15, -0.1) is 11.3 Å². The van der Waals surface area contributed by atoms with E-state index in [1.165, 1.54) is 12.1 Å². The maximum Gasteiger partial charge on any atom is 0.272 e. The molecule has 0 aliphatic carbocycles. The number of anilines is 1. The number of hydrogen-bond donors (Lipinski definition) is 1. The number of thiophene rings is 1. The van der Waals surface area contributed by atoms with Crippen molar-refractivity contribution in [3.8, 4) is 0 Å². The Morgan fingerprint density at radius 1 is 1.12 bits per heavy atom. The summed E-state index contributed by atoms with van der Waals surface area (Å²) in [6.07, 6.45) is 1.66. The van der Waals surface area contributed by atoms with Crippen molar-refractivity contribution in [2.45, 2.75) is 10.8 Å². The van der Waals surface area contributed by atoms with Crippen LogP contribution in [0.4, 0.5) is 5.82 Å². The first-order valence-corrected chi connectivity index (χ1v) is 10.0. The van der Waals surface area contributed by atoms with Gasteiger partial charge in [-0.1, -0.05) is 40.9 Å². The molecule has 10 heteroatoms. The molecule has 0 atom stereocenters. The van der Waals surface area contributed by atoms with Gasteiger partial charge in [0.1, 0.15) is 4.21 Å². The topological polar surface area (TPSA) is 64.0 Å². The lowest BCUT2D eigenvalue weighted by molar-refractivity contribution is 0.602. The van der Waals surface area contributed by atoms with Gasteiger partial charge in [-0.25, -0.2) is 8.42 Å². The Bertz CT molecular complexity index is 983. The number of hydrogen-bond acceptors (Lipinski definition) is 4. The molecular formula is C14H10Cl3N3O2S2. The Balaban J connectivity index is 1.76. The first kappa shape index (κ1) is 17.6. The fraction of sp³-hybridized carbons (Fsp3) is 0.0714. The van der Waals surface area contributed by atoms with Gasteiger partial charge in [0.2, 0.25) is 0 Å². The first-order chi connectivity index (χ1) is 11.3. The van der Waals surface area contributed by atoms with Crippen molar-refractivity contribution in [1.82, 2.24) is 9.78 Å². The zero-order valence-electron chi connectivity index (χ0n) is 11.9. The first-order valence-electron chi connectivity index (χ1n) is 6.59. The normalized spacial score (nSPS) is 11.6. The molecule has 0 fully saturated rings. The summed E-state index contributed by atoms with van der Waals surface area (Å²) in [4.78, 5) is 0. The van der Waals surface area contributed by atoms with Gasteiger partial charge in [0, 0.05) is 22.3 Å². The quantitative estimate of drug-likeness (QED) is 0.645. The van der Waals surface area contributed by atoms with Gasteiger partial charge in [0.15, 0.2) is 5.82 Å². The lowest BCUT2D eigenvalue weighted by Crippen LogP contribution is -2.12. The minimum atomic E-state index is -3.70. The second-order valence-electron chi connectivity index (χ2n) is 4.80. The Morgan fingerprint density at radius 3 is 2.58 bits per heavy atom. The van der Waals surface area contributed by atoms with E-state index in [0.29, 0.717) is 20.9 Å². The molecule has 0 amide bonds. The van der Waals surface area contributed by atoms with Crippen LogP contribution in [0.25, 0.3) is 0 Å². The van der Waals surface area contributed by atoms with Crippen LogP contribution in [0.1, 0.15) is 5.56 Å². The summed E-state index contributed by atoms with van der Waals surface area (Å²) >= 11 is 18.7. The molecule has 0 spiro atoms. The molecule has 3 rings (SSSR count). The molecule has 0 bridgehead atoms. The summed E-state index contributed by atoms with van der Waals surface area (Å²) in [6.45, 7) is 0.391. The third kappa shape index (κ3) is 4.04. The Hall–Kier alpha value is -1.25. The number of sulfonamides is 1. The van der Waals surface area contributed by atoms with Crippen LogP contribution in [0.2, 0.25) is 14.4 Å². The molecule has 0 unspecified atom stereocenters. The number of rotatable bonds is 5. The third-order valence-electron chi connectivity index (χ3n) is 3.04. The van der Waals surface area contributed by atoms with E-state index < -0.39 is 10.0 Å². The second kappa shape index (κ2) is 6.93. The summed E-state index contributed by atoms with van der Waals surface area (Å²) < 4.78 is 29.0. The van der Waals surface area contributed by atoms with Crippen molar-refractivity contribution in [3.63, 3.8) is 0 Å². The smallest absolute Gasteiger partial charge is 0.266 e. The van der Waals surface area contributed by atoms with Gasteiger partial charge >= 0.3 is 0 Å². The summed E-state index contributed by atoms with van der Waals surface area (Å²) in [6, 6.07) is 9.71. The summed E-state index contributed by atoms with van der Waals surface area (Å²) in [5.74, 6) is 0.213.